The van der Waals surface area contributed by atoms with E-state index >= 15 is 0 Å². The summed E-state index contributed by atoms with van der Waals surface area (Å²) in [5.74, 6) is 0. The van der Waals surface area contributed by atoms with Gasteiger partial charge in [0.05, 0.1) is 9.82 Å². The lowest BCUT2D eigenvalue weighted by molar-refractivity contribution is -0.385. The first-order valence-electron chi connectivity index (χ1n) is 8.53. The molecule has 2 aromatic rings. The lowest BCUT2D eigenvalue weighted by Crippen LogP contribution is -2.49. The van der Waals surface area contributed by atoms with Gasteiger partial charge in [-0.05, 0) is 36.8 Å². The molecule has 0 N–H and O–H groups in total. The molecule has 0 amide bonds. The third-order valence-electron chi connectivity index (χ3n) is 4.84. The fourth-order valence-electron chi connectivity index (χ4n) is 3.20. The lowest BCUT2D eigenvalue weighted by atomic mass is 10.1. The van der Waals surface area contributed by atoms with Crippen LogP contribution >= 0.6 is 11.6 Å². The highest BCUT2D eigenvalue weighted by molar-refractivity contribution is 7.89. The lowest BCUT2D eigenvalue weighted by Gasteiger charge is -2.37. The smallest absolute Gasteiger partial charge is 0.269 e. The molecule has 0 saturated carbocycles. The van der Waals surface area contributed by atoms with E-state index in [-0.39, 0.29) is 16.6 Å². The topological polar surface area (TPSA) is 83.8 Å². The van der Waals surface area contributed by atoms with Crippen LogP contribution in [-0.2, 0) is 10.0 Å². The van der Waals surface area contributed by atoms with E-state index in [1.54, 1.807) is 24.3 Å². The molecule has 7 nitrogen and oxygen atoms in total. The third-order valence-corrected chi connectivity index (χ3v) is 7.00. The fraction of sp³-hybridized carbons (Fsp3) is 0.333. The molecule has 3 rings (SSSR count). The Hall–Kier alpha value is -2.00. The molecule has 0 spiro atoms. The van der Waals surface area contributed by atoms with Crippen LogP contribution < -0.4 is 0 Å². The summed E-state index contributed by atoms with van der Waals surface area (Å²) in [6, 6.07) is 12.7. The number of nitrogens with zero attached hydrogens (tertiary/aromatic N) is 3. The van der Waals surface area contributed by atoms with Gasteiger partial charge in [-0.25, -0.2) is 8.42 Å². The van der Waals surface area contributed by atoms with Gasteiger partial charge in [0.15, 0.2) is 0 Å². The molecule has 2 aromatic carbocycles. The van der Waals surface area contributed by atoms with Gasteiger partial charge in [-0.1, -0.05) is 23.7 Å². The summed E-state index contributed by atoms with van der Waals surface area (Å²) in [4.78, 5) is 12.9. The maximum absolute atomic E-state index is 12.8. The molecular formula is C18H20ClN3O4S. The Kier molecular flexibility index (Phi) is 5.81. The number of piperazine rings is 1. The summed E-state index contributed by atoms with van der Waals surface area (Å²) in [5, 5.41) is 11.5. The Morgan fingerprint density at radius 1 is 1.07 bits per heavy atom. The van der Waals surface area contributed by atoms with Gasteiger partial charge in [-0.15, -0.1) is 0 Å². The van der Waals surface area contributed by atoms with E-state index in [1.165, 1.54) is 22.5 Å². The monoisotopic (exact) mass is 409 g/mol. The maximum atomic E-state index is 12.8. The van der Waals surface area contributed by atoms with E-state index in [4.69, 9.17) is 11.6 Å². The van der Waals surface area contributed by atoms with Crippen molar-refractivity contribution in [1.82, 2.24) is 9.21 Å². The van der Waals surface area contributed by atoms with Crippen LogP contribution in [-0.4, -0.2) is 48.7 Å². The molecule has 1 saturated heterocycles. The van der Waals surface area contributed by atoms with Crippen LogP contribution in [0.15, 0.2) is 53.4 Å². The minimum Gasteiger partial charge on any atom is -0.294 e. The molecule has 144 valence electrons. The van der Waals surface area contributed by atoms with Crippen molar-refractivity contribution in [1.29, 1.82) is 0 Å². The first kappa shape index (κ1) is 19.8. The van der Waals surface area contributed by atoms with Gasteiger partial charge in [0.1, 0.15) is 0 Å². The molecule has 1 heterocycles. The second kappa shape index (κ2) is 7.93. The largest absolute Gasteiger partial charge is 0.294 e. The Balaban J connectivity index is 1.68. The minimum absolute atomic E-state index is 0.0368. The van der Waals surface area contributed by atoms with Crippen molar-refractivity contribution in [3.05, 3.63) is 69.2 Å². The zero-order chi connectivity index (χ0) is 19.6. The van der Waals surface area contributed by atoms with E-state index in [0.717, 1.165) is 5.56 Å². The first-order valence-corrected chi connectivity index (χ1v) is 10.3. The second-order valence-corrected chi connectivity index (χ2v) is 8.80. The molecule has 1 aliphatic rings. The van der Waals surface area contributed by atoms with Crippen LogP contribution in [0, 0.1) is 10.1 Å². The quantitative estimate of drug-likeness (QED) is 0.558. The van der Waals surface area contributed by atoms with E-state index in [9.17, 15) is 18.5 Å². The van der Waals surface area contributed by atoms with Gasteiger partial charge in [-0.3, -0.25) is 15.0 Å². The summed E-state index contributed by atoms with van der Waals surface area (Å²) in [6.45, 7) is 3.81. The average molecular weight is 410 g/mol. The maximum Gasteiger partial charge on any atom is 0.269 e. The van der Waals surface area contributed by atoms with Gasteiger partial charge >= 0.3 is 0 Å². The van der Waals surface area contributed by atoms with Crippen LogP contribution in [0.4, 0.5) is 5.69 Å². The number of nitro benzene ring substituents is 1. The fourth-order valence-corrected chi connectivity index (χ4v) is 4.74. The number of nitro groups is 1. The molecule has 1 aliphatic heterocycles. The Labute approximate surface area is 163 Å². The van der Waals surface area contributed by atoms with Gasteiger partial charge in [0.25, 0.3) is 5.69 Å². The van der Waals surface area contributed by atoms with E-state index in [0.29, 0.717) is 31.2 Å². The van der Waals surface area contributed by atoms with E-state index in [1.807, 2.05) is 13.0 Å². The Morgan fingerprint density at radius 3 is 2.30 bits per heavy atom. The highest BCUT2D eigenvalue weighted by atomic mass is 35.5. The second-order valence-electron chi connectivity index (χ2n) is 6.42. The Bertz CT molecular complexity index is 926. The predicted molar refractivity (Wildman–Crippen MR) is 103 cm³/mol. The van der Waals surface area contributed by atoms with Crippen LogP contribution in [0.3, 0.4) is 0 Å². The SMILES string of the molecule is C[C@H](c1cccc([N+](=O)[O-])c1)N1CCN(S(=O)(=O)c2ccc(Cl)cc2)CC1. The normalized spacial score (nSPS) is 17.6. The van der Waals surface area contributed by atoms with Crippen molar-refractivity contribution in [3.8, 4) is 0 Å². The van der Waals surface area contributed by atoms with Gasteiger partial charge < -0.3 is 0 Å². The molecule has 0 aromatic heterocycles. The summed E-state index contributed by atoms with van der Waals surface area (Å²) in [7, 11) is -3.55. The standard InChI is InChI=1S/C18H20ClN3O4S/c1-14(15-3-2-4-17(13-15)22(23)24)20-9-11-21(12-10-20)27(25,26)18-7-5-16(19)6-8-18/h2-8,13-14H,9-12H2,1H3/t14-/m1/s1. The number of non-ortho nitro benzene ring substituents is 1. The third kappa shape index (κ3) is 4.30. The van der Waals surface area contributed by atoms with Crippen LogP contribution in [0.25, 0.3) is 0 Å². The molecule has 0 radical (unpaired) electrons. The van der Waals surface area contributed by atoms with Crippen molar-refractivity contribution in [2.75, 3.05) is 26.2 Å². The minimum atomic E-state index is -3.55. The van der Waals surface area contributed by atoms with Crippen molar-refractivity contribution in [2.24, 2.45) is 0 Å². The van der Waals surface area contributed by atoms with Gasteiger partial charge in [0.2, 0.25) is 10.0 Å². The molecule has 1 fully saturated rings. The zero-order valence-electron chi connectivity index (χ0n) is 14.8. The predicted octanol–water partition coefficient (Wildman–Crippen LogP) is 3.32. The number of halogens is 1. The summed E-state index contributed by atoms with van der Waals surface area (Å²) in [6.07, 6.45) is 0. The molecular weight excluding hydrogens is 390 g/mol. The average Bonchev–Trinajstić information content (AvgIpc) is 2.68. The van der Waals surface area contributed by atoms with E-state index < -0.39 is 14.9 Å². The molecule has 0 bridgehead atoms. The molecule has 0 unspecified atom stereocenters. The molecule has 0 aliphatic carbocycles. The van der Waals surface area contributed by atoms with Crippen molar-refractivity contribution >= 4 is 27.3 Å². The molecule has 27 heavy (non-hydrogen) atoms. The van der Waals surface area contributed by atoms with Crippen molar-refractivity contribution < 1.29 is 13.3 Å². The number of sulfonamides is 1. The highest BCUT2D eigenvalue weighted by Gasteiger charge is 2.30. The summed E-state index contributed by atoms with van der Waals surface area (Å²) in [5.41, 5.74) is 0.904. The zero-order valence-corrected chi connectivity index (χ0v) is 16.4. The number of rotatable bonds is 5. The number of hydrogen-bond donors (Lipinski definition) is 0. The summed E-state index contributed by atoms with van der Waals surface area (Å²) < 4.78 is 27.0. The van der Waals surface area contributed by atoms with Gasteiger partial charge in [-0.2, -0.15) is 4.31 Å². The Morgan fingerprint density at radius 2 is 1.70 bits per heavy atom. The molecule has 9 heteroatoms. The van der Waals surface area contributed by atoms with Gasteiger partial charge in [0, 0.05) is 49.4 Å². The molecule has 1 atom stereocenters. The van der Waals surface area contributed by atoms with Crippen molar-refractivity contribution in [2.45, 2.75) is 17.9 Å². The summed E-state index contributed by atoms with van der Waals surface area (Å²) >= 11 is 5.83. The number of benzene rings is 2. The van der Waals surface area contributed by atoms with Crippen LogP contribution in [0.2, 0.25) is 5.02 Å². The number of hydrogen-bond acceptors (Lipinski definition) is 5. The first-order chi connectivity index (χ1) is 12.8. The highest BCUT2D eigenvalue weighted by Crippen LogP contribution is 2.26. The van der Waals surface area contributed by atoms with Crippen LogP contribution in [0.5, 0.6) is 0 Å². The van der Waals surface area contributed by atoms with Crippen LogP contribution in [0.1, 0.15) is 18.5 Å². The van der Waals surface area contributed by atoms with Crippen molar-refractivity contribution in [3.63, 3.8) is 0 Å². The van der Waals surface area contributed by atoms with E-state index in [2.05, 4.69) is 4.90 Å².